The van der Waals surface area contributed by atoms with Crippen LogP contribution in [0.25, 0.3) is 10.8 Å². The van der Waals surface area contributed by atoms with Gasteiger partial charge >= 0.3 is 0 Å². The van der Waals surface area contributed by atoms with E-state index in [2.05, 4.69) is 20.0 Å². The van der Waals surface area contributed by atoms with E-state index < -0.39 is 5.82 Å². The van der Waals surface area contributed by atoms with E-state index in [1.54, 1.807) is 29.2 Å². The molecule has 43 heavy (non-hydrogen) atoms. The van der Waals surface area contributed by atoms with Gasteiger partial charge in [0.05, 0.1) is 23.2 Å². The fourth-order valence-corrected chi connectivity index (χ4v) is 6.83. The molecule has 3 aliphatic rings. The molecule has 228 valence electrons. The zero-order chi connectivity index (χ0) is 29.8. The van der Waals surface area contributed by atoms with Crippen molar-refractivity contribution in [2.24, 2.45) is 5.92 Å². The third kappa shape index (κ3) is 6.96. The topological polar surface area (TPSA) is 92.8 Å². The molecule has 0 radical (unpaired) electrons. The van der Waals surface area contributed by atoms with Crippen LogP contribution in [-0.4, -0.2) is 107 Å². The summed E-state index contributed by atoms with van der Waals surface area (Å²) in [5, 5.41) is 8.00. The summed E-state index contributed by atoms with van der Waals surface area (Å²) >= 11 is 0. The maximum atomic E-state index is 14.9. The van der Waals surface area contributed by atoms with Crippen LogP contribution in [0.15, 0.2) is 47.3 Å². The summed E-state index contributed by atoms with van der Waals surface area (Å²) in [6.07, 6.45) is 7.18. The number of halogens is 1. The normalized spacial score (nSPS) is 19.2. The third-order valence-corrected chi connectivity index (χ3v) is 9.39. The highest BCUT2D eigenvalue weighted by Crippen LogP contribution is 2.25. The second-order valence-electron chi connectivity index (χ2n) is 12.3. The number of carbonyl (C=O) groups excluding carboxylic acids is 2. The van der Waals surface area contributed by atoms with Crippen molar-refractivity contribution in [1.29, 1.82) is 0 Å². The minimum atomic E-state index is -0.575. The highest BCUT2D eigenvalue weighted by atomic mass is 19.1. The van der Waals surface area contributed by atoms with Gasteiger partial charge in [0.2, 0.25) is 5.91 Å². The molecule has 2 aliphatic heterocycles. The van der Waals surface area contributed by atoms with Gasteiger partial charge in [-0.25, -0.2) is 9.49 Å². The number of rotatable bonds is 7. The Kier molecular flexibility index (Phi) is 9.14. The van der Waals surface area contributed by atoms with Gasteiger partial charge in [-0.05, 0) is 42.5 Å². The van der Waals surface area contributed by atoms with Crippen LogP contribution in [0.1, 0.15) is 53.7 Å². The van der Waals surface area contributed by atoms with Crippen LogP contribution in [-0.2, 0) is 11.2 Å². The van der Waals surface area contributed by atoms with Gasteiger partial charge in [0.1, 0.15) is 5.82 Å². The van der Waals surface area contributed by atoms with Gasteiger partial charge in [0.15, 0.2) is 0 Å². The summed E-state index contributed by atoms with van der Waals surface area (Å²) < 4.78 is 14.9. The van der Waals surface area contributed by atoms with E-state index in [0.717, 1.165) is 43.0 Å². The molecule has 1 aromatic heterocycles. The number of nitrogens with one attached hydrogen (secondary N) is 1. The average molecular weight is 589 g/mol. The van der Waals surface area contributed by atoms with Gasteiger partial charge in [0.25, 0.3) is 11.5 Å². The quantitative estimate of drug-likeness (QED) is 0.456. The van der Waals surface area contributed by atoms with Gasteiger partial charge in [-0.2, -0.15) is 5.10 Å². The van der Waals surface area contributed by atoms with Crippen LogP contribution in [0.3, 0.4) is 0 Å². The molecule has 9 nitrogen and oxygen atoms in total. The first-order chi connectivity index (χ1) is 20.9. The zero-order valence-corrected chi connectivity index (χ0v) is 24.8. The molecule has 1 N–H and O–H groups in total. The van der Waals surface area contributed by atoms with Crippen LogP contribution in [0.4, 0.5) is 4.39 Å². The highest BCUT2D eigenvalue weighted by molar-refractivity contribution is 5.95. The Bertz CT molecular complexity index is 1500. The Balaban J connectivity index is 1.00. The molecule has 2 amide bonds. The van der Waals surface area contributed by atoms with Crippen molar-refractivity contribution in [1.82, 2.24) is 29.8 Å². The first kappa shape index (κ1) is 29.4. The van der Waals surface area contributed by atoms with Gasteiger partial charge in [-0.3, -0.25) is 19.3 Å². The number of benzene rings is 2. The monoisotopic (exact) mass is 588 g/mol. The largest absolute Gasteiger partial charge is 0.338 e. The predicted octanol–water partition coefficient (Wildman–Crippen LogP) is 3.14. The fraction of sp³-hybridized carbons (Fsp3) is 0.515. The van der Waals surface area contributed by atoms with Crippen molar-refractivity contribution in [3.8, 4) is 0 Å². The van der Waals surface area contributed by atoms with Crippen molar-refractivity contribution in [3.63, 3.8) is 0 Å². The molecule has 3 fully saturated rings. The minimum absolute atomic E-state index is 0.0112. The Hall–Kier alpha value is -3.63. The van der Waals surface area contributed by atoms with E-state index in [1.165, 1.54) is 44.7 Å². The van der Waals surface area contributed by atoms with Crippen molar-refractivity contribution >= 4 is 22.6 Å². The van der Waals surface area contributed by atoms with Crippen molar-refractivity contribution in [2.75, 3.05) is 65.4 Å². The summed E-state index contributed by atoms with van der Waals surface area (Å²) in [7, 11) is 0. The van der Waals surface area contributed by atoms with Crippen LogP contribution in [0, 0.1) is 11.7 Å². The molecule has 2 saturated heterocycles. The molecule has 6 rings (SSSR count). The average Bonchev–Trinajstić information content (AvgIpc) is 3.04. The summed E-state index contributed by atoms with van der Waals surface area (Å²) in [6, 6.07) is 11.7. The number of piperazine rings is 2. The Morgan fingerprint density at radius 3 is 2.26 bits per heavy atom. The first-order valence-corrected chi connectivity index (χ1v) is 15.7. The molecule has 10 heteroatoms. The highest BCUT2D eigenvalue weighted by Gasteiger charge is 2.29. The van der Waals surface area contributed by atoms with E-state index in [4.69, 9.17) is 0 Å². The lowest BCUT2D eigenvalue weighted by Crippen LogP contribution is -2.55. The van der Waals surface area contributed by atoms with E-state index in [-0.39, 0.29) is 22.9 Å². The second kappa shape index (κ2) is 13.3. The van der Waals surface area contributed by atoms with E-state index >= 15 is 0 Å². The van der Waals surface area contributed by atoms with Crippen molar-refractivity contribution in [3.05, 3.63) is 75.5 Å². The maximum absolute atomic E-state index is 14.9. The fourth-order valence-electron chi connectivity index (χ4n) is 6.83. The minimum Gasteiger partial charge on any atom is -0.338 e. The Labute approximate surface area is 251 Å². The molecule has 0 spiro atoms. The number of nitrogens with zero attached hydrogens (tertiary/aromatic N) is 5. The number of amides is 2. The van der Waals surface area contributed by atoms with E-state index in [1.807, 2.05) is 17.0 Å². The van der Waals surface area contributed by atoms with Gasteiger partial charge in [-0.15, -0.1) is 0 Å². The van der Waals surface area contributed by atoms with Crippen molar-refractivity contribution < 1.29 is 14.0 Å². The van der Waals surface area contributed by atoms with E-state index in [0.29, 0.717) is 50.2 Å². The third-order valence-electron chi connectivity index (χ3n) is 9.39. The molecule has 0 atom stereocenters. The zero-order valence-electron chi connectivity index (χ0n) is 24.8. The lowest BCUT2D eigenvalue weighted by molar-refractivity contribution is -0.134. The molecule has 1 aliphatic carbocycles. The molecule has 2 aromatic carbocycles. The van der Waals surface area contributed by atoms with Crippen LogP contribution in [0.5, 0.6) is 0 Å². The van der Waals surface area contributed by atoms with Gasteiger partial charge < -0.3 is 14.7 Å². The molecule has 1 saturated carbocycles. The number of carbonyl (C=O) groups is 2. The predicted molar refractivity (Wildman–Crippen MR) is 164 cm³/mol. The lowest BCUT2D eigenvalue weighted by atomic mass is 9.89. The number of hydrogen-bond acceptors (Lipinski definition) is 6. The number of aromatic nitrogens is 2. The number of hydrogen-bond donors (Lipinski definition) is 1. The Morgan fingerprint density at radius 2 is 1.51 bits per heavy atom. The van der Waals surface area contributed by atoms with Crippen LogP contribution < -0.4 is 5.56 Å². The molecular formula is C33H41FN6O3. The molecular weight excluding hydrogens is 547 g/mol. The molecule has 0 bridgehead atoms. The second-order valence-corrected chi connectivity index (χ2v) is 12.3. The number of fused-ring (bicyclic) bond motifs is 1. The van der Waals surface area contributed by atoms with Crippen LogP contribution in [0.2, 0.25) is 0 Å². The summed E-state index contributed by atoms with van der Waals surface area (Å²) in [5.41, 5.74) is 1.12. The number of H-pyrrole nitrogens is 1. The van der Waals surface area contributed by atoms with Gasteiger partial charge in [0, 0.05) is 70.7 Å². The van der Waals surface area contributed by atoms with E-state index in [9.17, 15) is 18.8 Å². The molecule has 3 heterocycles. The summed E-state index contributed by atoms with van der Waals surface area (Å²) in [6.45, 7) is 7.11. The lowest BCUT2D eigenvalue weighted by Gasteiger charge is -2.39. The smallest absolute Gasteiger partial charge is 0.272 e. The maximum Gasteiger partial charge on any atom is 0.272 e. The Morgan fingerprint density at radius 1 is 0.837 bits per heavy atom. The first-order valence-electron chi connectivity index (χ1n) is 15.7. The number of aromatic amines is 1. The SMILES string of the molecule is O=C(CN1CCN(CC2CCCCC2)CC1)N1CCN(C(=O)c2cc(Cc3n[nH]c(=O)c4ccccc34)ccc2F)CC1. The van der Waals surface area contributed by atoms with Gasteiger partial charge in [-0.1, -0.05) is 43.5 Å². The standard InChI is InChI=1S/C33H41FN6O3/c34-29-11-10-25(21-30-26-8-4-5-9-27(26)32(42)36-35-30)20-28(29)33(43)40-18-16-39(17-19-40)31(41)23-38-14-12-37(13-15-38)22-24-6-2-1-3-7-24/h4-5,8-11,20,24H,1-3,6-7,12-19,21-23H2,(H,36,42). The molecule has 0 unspecified atom stereocenters. The summed E-state index contributed by atoms with van der Waals surface area (Å²) in [4.78, 5) is 46.8. The summed E-state index contributed by atoms with van der Waals surface area (Å²) in [5.74, 6) is -0.0134. The molecule has 3 aromatic rings. The van der Waals surface area contributed by atoms with Crippen molar-refractivity contribution in [2.45, 2.75) is 38.5 Å². The van der Waals surface area contributed by atoms with Crippen LogP contribution >= 0.6 is 0 Å².